The van der Waals surface area contributed by atoms with Crippen molar-refractivity contribution >= 4 is 0 Å². The first-order valence-corrected chi connectivity index (χ1v) is 5.63. The third kappa shape index (κ3) is 4.00. The van der Waals surface area contributed by atoms with E-state index >= 15 is 0 Å². The maximum atomic E-state index is 3.82. The average Bonchev–Trinajstić information content (AvgIpc) is 2.19. The van der Waals surface area contributed by atoms with E-state index in [9.17, 15) is 0 Å². The lowest BCUT2D eigenvalue weighted by molar-refractivity contribution is -1.26. The predicted octanol–water partition coefficient (Wildman–Crippen LogP) is -2.91. The van der Waals surface area contributed by atoms with Crippen LogP contribution in [0.5, 0.6) is 0 Å². The van der Waals surface area contributed by atoms with E-state index in [1.54, 1.807) is 14.7 Å². The van der Waals surface area contributed by atoms with E-state index < -0.39 is 0 Å². The fourth-order valence-corrected chi connectivity index (χ4v) is 2.29. The minimum Gasteiger partial charge on any atom is -0.239 e. The summed E-state index contributed by atoms with van der Waals surface area (Å²) in [6, 6.07) is 0. The maximum Gasteiger partial charge on any atom is 0.213 e. The van der Waals surface area contributed by atoms with Crippen LogP contribution in [0, 0.1) is 0 Å². The first kappa shape index (κ1) is 12.2. The summed E-state index contributed by atoms with van der Waals surface area (Å²) in [5.74, 6) is 0. The Hall–Kier alpha value is -0.900. The van der Waals surface area contributed by atoms with Crippen LogP contribution in [0.15, 0.2) is 38.0 Å². The van der Waals surface area contributed by atoms with Crippen LogP contribution in [0.25, 0.3) is 0 Å². The van der Waals surface area contributed by atoms with Gasteiger partial charge < -0.3 is 0 Å². The van der Waals surface area contributed by atoms with Crippen LogP contribution in [0.2, 0.25) is 0 Å². The van der Waals surface area contributed by atoms with Gasteiger partial charge in [-0.15, -0.1) is 0 Å². The molecule has 1 rings (SSSR count). The van der Waals surface area contributed by atoms with Crippen molar-refractivity contribution in [2.45, 2.75) is 0 Å². The molecule has 0 unspecified atom stereocenters. The summed E-state index contributed by atoms with van der Waals surface area (Å²) in [7, 11) is 0. The van der Waals surface area contributed by atoms with Crippen molar-refractivity contribution in [1.82, 2.24) is 0 Å². The third-order valence-electron chi connectivity index (χ3n) is 2.80. The van der Waals surface area contributed by atoms with Crippen molar-refractivity contribution in [2.75, 3.05) is 39.6 Å². The van der Waals surface area contributed by atoms with Crippen LogP contribution in [-0.4, -0.2) is 39.6 Å². The van der Waals surface area contributed by atoms with E-state index in [1.807, 2.05) is 18.2 Å². The molecule has 3 heteroatoms. The van der Waals surface area contributed by atoms with Crippen LogP contribution < -0.4 is 14.7 Å². The van der Waals surface area contributed by atoms with Gasteiger partial charge in [0.05, 0.1) is 0 Å². The van der Waals surface area contributed by atoms with Crippen LogP contribution in [-0.2, 0) is 0 Å². The summed E-state index contributed by atoms with van der Waals surface area (Å²) in [6.07, 6.45) is 6.03. The van der Waals surface area contributed by atoms with E-state index in [4.69, 9.17) is 0 Å². The van der Waals surface area contributed by atoms with Crippen LogP contribution >= 0.6 is 0 Å². The fraction of sp³-hybridized carbons (Fsp3) is 0.500. The lowest BCUT2D eigenvalue weighted by Gasteiger charge is -2.33. The second kappa shape index (κ2) is 6.56. The minimum atomic E-state index is 1.06. The molecule has 3 nitrogen and oxygen atoms in total. The van der Waals surface area contributed by atoms with E-state index in [1.165, 1.54) is 20.0 Å². The van der Waals surface area contributed by atoms with Crippen molar-refractivity contribution in [2.24, 2.45) is 0 Å². The van der Waals surface area contributed by atoms with E-state index in [-0.39, 0.29) is 0 Å². The molecule has 0 aromatic heterocycles. The molecule has 0 radical (unpaired) electrons. The predicted molar refractivity (Wildman–Crippen MR) is 62.7 cm³/mol. The van der Waals surface area contributed by atoms with Gasteiger partial charge in [0.15, 0.2) is 0 Å². The third-order valence-corrected chi connectivity index (χ3v) is 2.80. The quantitative estimate of drug-likeness (QED) is 0.389. The molecule has 1 aliphatic heterocycles. The second-order valence-corrected chi connectivity index (χ2v) is 4.26. The van der Waals surface area contributed by atoms with Crippen molar-refractivity contribution in [3.63, 3.8) is 0 Å². The van der Waals surface area contributed by atoms with Crippen molar-refractivity contribution < 1.29 is 14.7 Å². The van der Waals surface area contributed by atoms with Gasteiger partial charge in [0, 0.05) is 0 Å². The van der Waals surface area contributed by atoms with Gasteiger partial charge in [-0.05, 0) is 18.2 Å². The number of nitrogens with one attached hydrogen (secondary N) is 3. The molecule has 0 aromatic carbocycles. The summed E-state index contributed by atoms with van der Waals surface area (Å²) in [5, 5.41) is 0. The zero-order valence-electron chi connectivity index (χ0n) is 9.60. The van der Waals surface area contributed by atoms with Crippen LogP contribution in [0.3, 0.4) is 0 Å². The summed E-state index contributed by atoms with van der Waals surface area (Å²) in [5.41, 5.74) is 0. The highest BCUT2D eigenvalue weighted by atomic mass is 15.5. The Morgan fingerprint density at radius 3 is 1.13 bits per heavy atom. The minimum absolute atomic E-state index is 1.06. The normalized spacial score (nSPS) is 30.8. The van der Waals surface area contributed by atoms with Gasteiger partial charge in [-0.2, -0.15) is 0 Å². The summed E-state index contributed by atoms with van der Waals surface area (Å²) in [6.45, 7) is 18.2. The second-order valence-electron chi connectivity index (χ2n) is 4.26. The highest BCUT2D eigenvalue weighted by Gasteiger charge is 2.29. The Morgan fingerprint density at radius 2 is 0.933 bits per heavy atom. The molecule has 0 amide bonds. The average molecular weight is 210 g/mol. The Kier molecular flexibility index (Phi) is 5.32. The summed E-state index contributed by atoms with van der Waals surface area (Å²) in [4.78, 5) is 4.81. The van der Waals surface area contributed by atoms with Crippen molar-refractivity contribution in [3.8, 4) is 0 Å². The fourth-order valence-electron chi connectivity index (χ4n) is 2.29. The molecule has 84 valence electrons. The van der Waals surface area contributed by atoms with Crippen LogP contribution in [0.1, 0.15) is 0 Å². The molecule has 1 aliphatic rings. The Bertz CT molecular complexity index is 181. The number of hydrogen-bond donors (Lipinski definition) is 3. The Balaban J connectivity index is 2.50. The smallest absolute Gasteiger partial charge is 0.213 e. The molecule has 0 saturated carbocycles. The van der Waals surface area contributed by atoms with E-state index in [0.717, 1.165) is 19.6 Å². The molecular weight excluding hydrogens is 186 g/mol. The van der Waals surface area contributed by atoms with Gasteiger partial charge in [-0.1, -0.05) is 19.7 Å². The molecule has 3 N–H and O–H groups in total. The van der Waals surface area contributed by atoms with Gasteiger partial charge in [-0.25, -0.2) is 14.7 Å². The Morgan fingerprint density at radius 1 is 0.667 bits per heavy atom. The lowest BCUT2D eigenvalue weighted by atomic mass is 10.4. The van der Waals surface area contributed by atoms with Crippen molar-refractivity contribution in [3.05, 3.63) is 38.0 Å². The molecule has 1 heterocycles. The largest absolute Gasteiger partial charge is 0.239 e. The topological polar surface area (TPSA) is 13.3 Å². The molecule has 0 bridgehead atoms. The molecule has 0 atom stereocenters. The number of hydrogen-bond acceptors (Lipinski definition) is 0. The molecular formula is C12H24N3+3. The molecule has 1 saturated heterocycles. The highest BCUT2D eigenvalue weighted by molar-refractivity contribution is 4.64. The van der Waals surface area contributed by atoms with E-state index in [2.05, 4.69) is 19.7 Å². The first-order valence-electron chi connectivity index (χ1n) is 5.63. The molecule has 0 aromatic rings. The van der Waals surface area contributed by atoms with Crippen LogP contribution in [0.4, 0.5) is 0 Å². The Labute approximate surface area is 93.0 Å². The van der Waals surface area contributed by atoms with E-state index in [0.29, 0.717) is 0 Å². The van der Waals surface area contributed by atoms with Gasteiger partial charge in [0.2, 0.25) is 20.0 Å². The van der Waals surface area contributed by atoms with Gasteiger partial charge >= 0.3 is 0 Å². The standard InChI is InChI=1S/C12H21N3/c1-4-7-13-10-14(8-5-2)12-15(11-13)9-6-3/h4-6H,1-3,7-12H2/p+3. The molecule has 0 spiro atoms. The SMILES string of the molecule is C=CC[NH+]1C[NH+](CC=C)C[NH+](CC=C)C1. The van der Waals surface area contributed by atoms with Gasteiger partial charge in [0.25, 0.3) is 0 Å². The lowest BCUT2D eigenvalue weighted by Crippen LogP contribution is -3.50. The zero-order valence-corrected chi connectivity index (χ0v) is 9.60. The highest BCUT2D eigenvalue weighted by Crippen LogP contribution is 1.57. The van der Waals surface area contributed by atoms with Crippen molar-refractivity contribution in [1.29, 1.82) is 0 Å². The monoisotopic (exact) mass is 210 g/mol. The first-order chi connectivity index (χ1) is 7.30. The zero-order chi connectivity index (χ0) is 11.1. The summed E-state index contributed by atoms with van der Waals surface area (Å²) >= 11 is 0. The molecule has 1 fully saturated rings. The summed E-state index contributed by atoms with van der Waals surface area (Å²) < 4.78 is 0. The van der Waals surface area contributed by atoms with Gasteiger partial charge in [-0.3, -0.25) is 0 Å². The number of rotatable bonds is 6. The molecule has 0 aliphatic carbocycles. The molecule has 15 heavy (non-hydrogen) atoms. The number of quaternary nitrogens is 3. The maximum absolute atomic E-state index is 3.82. The van der Waals surface area contributed by atoms with Gasteiger partial charge in [0.1, 0.15) is 19.6 Å².